The van der Waals surface area contributed by atoms with E-state index in [1.165, 1.54) is 26.2 Å². The summed E-state index contributed by atoms with van der Waals surface area (Å²) < 4.78 is 17.9. The quantitative estimate of drug-likeness (QED) is 0.801. The summed E-state index contributed by atoms with van der Waals surface area (Å²) in [5.41, 5.74) is 0.575. The van der Waals surface area contributed by atoms with E-state index in [0.29, 0.717) is 11.3 Å². The molecule has 2 N–H and O–H groups in total. The second-order valence-electron chi connectivity index (χ2n) is 3.39. The minimum absolute atomic E-state index is 0.151. The smallest absolute Gasteiger partial charge is 0.248 e. The Morgan fingerprint density at radius 1 is 1.56 bits per heavy atom. The molecular formula is C11H14FNO3. The fourth-order valence-corrected chi connectivity index (χ4v) is 1.18. The molecule has 1 amide bonds. The lowest BCUT2D eigenvalue weighted by Gasteiger charge is -2.08. The van der Waals surface area contributed by atoms with Crippen LogP contribution in [-0.4, -0.2) is 24.2 Å². The Morgan fingerprint density at radius 3 is 2.81 bits per heavy atom. The summed E-state index contributed by atoms with van der Waals surface area (Å²) >= 11 is 0. The first-order valence-corrected chi connectivity index (χ1v) is 4.82. The molecular weight excluding hydrogens is 213 g/mol. The highest BCUT2D eigenvalue weighted by Gasteiger charge is 2.08. The zero-order chi connectivity index (χ0) is 12.1. The summed E-state index contributed by atoms with van der Waals surface area (Å²) in [7, 11) is 1.44. The number of aliphatic hydroxyl groups is 1. The van der Waals surface area contributed by atoms with Crippen LogP contribution in [0.3, 0.4) is 0 Å². The number of halogens is 1. The minimum Gasteiger partial charge on any atom is -0.497 e. The van der Waals surface area contributed by atoms with E-state index in [1.807, 2.05) is 0 Å². The Morgan fingerprint density at radius 2 is 2.25 bits per heavy atom. The maximum atomic E-state index is 13.1. The maximum Gasteiger partial charge on any atom is 0.248 e. The van der Waals surface area contributed by atoms with Gasteiger partial charge in [-0.15, -0.1) is 0 Å². The number of hydrogen-bond donors (Lipinski definition) is 2. The Labute approximate surface area is 93.0 Å². The van der Waals surface area contributed by atoms with Gasteiger partial charge in [0, 0.05) is 12.6 Å². The van der Waals surface area contributed by atoms with Crippen LogP contribution in [0.5, 0.6) is 5.75 Å². The predicted octanol–water partition coefficient (Wildman–Crippen LogP) is 0.831. The van der Waals surface area contributed by atoms with E-state index in [9.17, 15) is 9.18 Å². The van der Waals surface area contributed by atoms with E-state index in [4.69, 9.17) is 9.84 Å². The molecule has 0 spiro atoms. The lowest BCUT2D eigenvalue weighted by Crippen LogP contribution is -2.31. The van der Waals surface area contributed by atoms with Crippen molar-refractivity contribution in [2.45, 2.75) is 19.6 Å². The van der Waals surface area contributed by atoms with Crippen molar-refractivity contribution in [2.24, 2.45) is 0 Å². The van der Waals surface area contributed by atoms with E-state index < -0.39 is 17.8 Å². The molecule has 1 aromatic rings. The van der Waals surface area contributed by atoms with Crippen molar-refractivity contribution in [1.29, 1.82) is 0 Å². The number of ether oxygens (including phenoxy) is 1. The van der Waals surface area contributed by atoms with Crippen molar-refractivity contribution in [3.05, 3.63) is 29.6 Å². The van der Waals surface area contributed by atoms with Gasteiger partial charge in [-0.25, -0.2) is 4.39 Å². The predicted molar refractivity (Wildman–Crippen MR) is 56.5 cm³/mol. The van der Waals surface area contributed by atoms with E-state index in [0.717, 1.165) is 0 Å². The van der Waals surface area contributed by atoms with Gasteiger partial charge in [-0.2, -0.15) is 0 Å². The minimum atomic E-state index is -1.07. The summed E-state index contributed by atoms with van der Waals surface area (Å²) in [6.45, 7) is 1.51. The zero-order valence-corrected chi connectivity index (χ0v) is 9.16. The molecule has 0 heterocycles. The molecule has 88 valence electrons. The van der Waals surface area contributed by atoms with Crippen molar-refractivity contribution >= 4 is 5.91 Å². The first-order valence-electron chi connectivity index (χ1n) is 4.82. The molecule has 0 aliphatic carbocycles. The lowest BCUT2D eigenvalue weighted by molar-refractivity contribution is -0.128. The number of hydrogen-bond acceptors (Lipinski definition) is 3. The fourth-order valence-electron chi connectivity index (χ4n) is 1.18. The van der Waals surface area contributed by atoms with Crippen LogP contribution in [0.1, 0.15) is 12.5 Å². The average Bonchev–Trinajstić information content (AvgIpc) is 2.24. The van der Waals surface area contributed by atoms with E-state index in [2.05, 4.69) is 5.32 Å². The number of amides is 1. The van der Waals surface area contributed by atoms with Crippen molar-refractivity contribution in [2.75, 3.05) is 7.11 Å². The van der Waals surface area contributed by atoms with Crippen LogP contribution in [0.4, 0.5) is 4.39 Å². The first-order chi connectivity index (χ1) is 7.52. The third-order valence-corrected chi connectivity index (χ3v) is 2.01. The molecule has 0 radical (unpaired) electrons. The van der Waals surface area contributed by atoms with Crippen LogP contribution in [-0.2, 0) is 11.3 Å². The summed E-state index contributed by atoms with van der Waals surface area (Å²) in [6, 6.07) is 4.16. The molecule has 0 aromatic heterocycles. The second kappa shape index (κ2) is 5.46. The largest absolute Gasteiger partial charge is 0.497 e. The van der Waals surface area contributed by atoms with E-state index in [-0.39, 0.29) is 6.54 Å². The van der Waals surface area contributed by atoms with Crippen molar-refractivity contribution < 1.29 is 19.0 Å². The van der Waals surface area contributed by atoms with E-state index >= 15 is 0 Å². The van der Waals surface area contributed by atoms with Gasteiger partial charge < -0.3 is 15.2 Å². The van der Waals surface area contributed by atoms with Crippen molar-refractivity contribution in [3.8, 4) is 5.75 Å². The van der Waals surface area contributed by atoms with Gasteiger partial charge in [0.2, 0.25) is 5.91 Å². The van der Waals surface area contributed by atoms with Crippen molar-refractivity contribution in [1.82, 2.24) is 5.32 Å². The molecule has 1 aromatic carbocycles. The van der Waals surface area contributed by atoms with Gasteiger partial charge in [0.25, 0.3) is 0 Å². The number of methoxy groups -OCH3 is 1. The molecule has 1 atom stereocenters. The topological polar surface area (TPSA) is 58.6 Å². The Hall–Kier alpha value is -1.62. The van der Waals surface area contributed by atoms with Gasteiger partial charge >= 0.3 is 0 Å². The van der Waals surface area contributed by atoms with Crippen LogP contribution >= 0.6 is 0 Å². The molecule has 0 saturated carbocycles. The molecule has 0 aliphatic heterocycles. The number of carbonyl (C=O) groups excluding carboxylic acids is 1. The summed E-state index contributed by atoms with van der Waals surface area (Å²) in [4.78, 5) is 11.1. The maximum absolute atomic E-state index is 13.1. The number of benzene rings is 1. The van der Waals surface area contributed by atoms with Gasteiger partial charge in [-0.05, 0) is 24.6 Å². The fraction of sp³-hybridized carbons (Fsp3) is 0.364. The normalized spacial score (nSPS) is 12.0. The summed E-state index contributed by atoms with van der Waals surface area (Å²) in [5.74, 6) is -0.537. The molecule has 0 aliphatic rings. The summed E-state index contributed by atoms with van der Waals surface area (Å²) in [6.07, 6.45) is -1.07. The van der Waals surface area contributed by atoms with Crippen LogP contribution in [0, 0.1) is 5.82 Å². The molecule has 1 unspecified atom stereocenters. The number of carbonyl (C=O) groups is 1. The summed E-state index contributed by atoms with van der Waals surface area (Å²) in [5, 5.41) is 11.4. The molecule has 0 fully saturated rings. The second-order valence-corrected chi connectivity index (χ2v) is 3.39. The third kappa shape index (κ3) is 3.51. The highest BCUT2D eigenvalue weighted by Crippen LogP contribution is 2.15. The van der Waals surface area contributed by atoms with Gasteiger partial charge in [-0.1, -0.05) is 0 Å². The zero-order valence-electron chi connectivity index (χ0n) is 9.16. The van der Waals surface area contributed by atoms with Gasteiger partial charge in [-0.3, -0.25) is 4.79 Å². The van der Waals surface area contributed by atoms with Crippen LogP contribution in [0.2, 0.25) is 0 Å². The third-order valence-electron chi connectivity index (χ3n) is 2.01. The molecule has 0 bridgehead atoms. The Balaban J connectivity index is 2.67. The molecule has 4 nitrogen and oxygen atoms in total. The molecule has 1 rings (SSSR count). The number of nitrogens with one attached hydrogen (secondary N) is 1. The molecule has 5 heteroatoms. The standard InChI is InChI=1S/C11H14FNO3/c1-7(14)11(15)13-6-8-3-9(12)5-10(4-8)16-2/h3-5,7,14H,6H2,1-2H3,(H,13,15). The number of rotatable bonds is 4. The van der Waals surface area contributed by atoms with E-state index in [1.54, 1.807) is 6.07 Å². The Kier molecular flexibility index (Phi) is 4.25. The highest BCUT2D eigenvalue weighted by molar-refractivity contribution is 5.79. The van der Waals surface area contributed by atoms with Gasteiger partial charge in [0.05, 0.1) is 7.11 Å². The first kappa shape index (κ1) is 12.4. The van der Waals surface area contributed by atoms with Gasteiger partial charge in [0.1, 0.15) is 17.7 Å². The van der Waals surface area contributed by atoms with Crippen LogP contribution < -0.4 is 10.1 Å². The molecule has 0 saturated heterocycles. The van der Waals surface area contributed by atoms with Crippen molar-refractivity contribution in [3.63, 3.8) is 0 Å². The Bertz CT molecular complexity index is 379. The van der Waals surface area contributed by atoms with Crippen LogP contribution in [0.15, 0.2) is 18.2 Å². The monoisotopic (exact) mass is 227 g/mol. The molecule has 16 heavy (non-hydrogen) atoms. The number of aliphatic hydroxyl groups excluding tert-OH is 1. The highest BCUT2D eigenvalue weighted by atomic mass is 19.1. The average molecular weight is 227 g/mol. The van der Waals surface area contributed by atoms with Gasteiger partial charge in [0.15, 0.2) is 0 Å². The van der Waals surface area contributed by atoms with Crippen LogP contribution in [0.25, 0.3) is 0 Å². The lowest BCUT2D eigenvalue weighted by atomic mass is 10.2. The SMILES string of the molecule is COc1cc(F)cc(CNC(=O)C(C)O)c1.